The van der Waals surface area contributed by atoms with Crippen molar-refractivity contribution in [2.45, 2.75) is 24.8 Å². The average Bonchev–Trinajstić information content (AvgIpc) is 2.48. The molecule has 0 heterocycles. The van der Waals surface area contributed by atoms with Gasteiger partial charge < -0.3 is 10.5 Å². The first-order valence-corrected chi connectivity index (χ1v) is 7.24. The summed E-state index contributed by atoms with van der Waals surface area (Å²) in [7, 11) is 0. The van der Waals surface area contributed by atoms with Gasteiger partial charge in [0.2, 0.25) is 0 Å². The molecule has 0 aromatic heterocycles. The third-order valence-corrected chi connectivity index (χ3v) is 4.01. The predicted molar refractivity (Wildman–Crippen MR) is 81.9 cm³/mol. The van der Waals surface area contributed by atoms with Crippen molar-refractivity contribution in [3.63, 3.8) is 0 Å². The first-order valence-electron chi connectivity index (χ1n) is 7.24. The fourth-order valence-electron chi connectivity index (χ4n) is 2.75. The number of carbonyl (C=O) groups is 1. The Bertz CT molecular complexity index is 654. The van der Waals surface area contributed by atoms with Gasteiger partial charge in [-0.3, -0.25) is 5.21 Å². The van der Waals surface area contributed by atoms with E-state index >= 15 is 0 Å². The maximum absolute atomic E-state index is 11.0. The third kappa shape index (κ3) is 2.89. The van der Waals surface area contributed by atoms with Crippen molar-refractivity contribution in [2.75, 3.05) is 0 Å². The van der Waals surface area contributed by atoms with Crippen LogP contribution < -0.4 is 10.5 Å². The van der Waals surface area contributed by atoms with Crippen LogP contribution in [0.25, 0.3) is 0 Å². The molecule has 0 unspecified atom stereocenters. The number of rotatable bonds is 4. The van der Waals surface area contributed by atoms with Gasteiger partial charge in [0, 0.05) is 0 Å². The number of amides is 2. The van der Waals surface area contributed by atoms with Gasteiger partial charge in [0.15, 0.2) is 0 Å². The SMILES string of the molecule is NC(=O)N(O)C1CC(c2ccccc2Oc2ccccc2)C1. The summed E-state index contributed by atoms with van der Waals surface area (Å²) in [5, 5.41) is 10.2. The van der Waals surface area contributed by atoms with Crippen molar-refractivity contribution in [1.82, 2.24) is 5.06 Å². The Labute approximate surface area is 128 Å². The first-order chi connectivity index (χ1) is 10.6. The van der Waals surface area contributed by atoms with Gasteiger partial charge in [0.05, 0.1) is 6.04 Å². The van der Waals surface area contributed by atoms with Crippen LogP contribution in [-0.4, -0.2) is 22.3 Å². The molecule has 0 atom stereocenters. The number of nitrogens with zero attached hydrogens (tertiary/aromatic N) is 1. The topological polar surface area (TPSA) is 75.8 Å². The summed E-state index contributed by atoms with van der Waals surface area (Å²) in [6, 6.07) is 16.4. The van der Waals surface area contributed by atoms with Gasteiger partial charge in [-0.25, -0.2) is 9.86 Å². The number of hydrogen-bond donors (Lipinski definition) is 2. The molecular formula is C17H18N2O3. The molecule has 22 heavy (non-hydrogen) atoms. The van der Waals surface area contributed by atoms with Crippen LogP contribution >= 0.6 is 0 Å². The van der Waals surface area contributed by atoms with Crippen LogP contribution in [0, 0.1) is 0 Å². The molecule has 5 heteroatoms. The summed E-state index contributed by atoms with van der Waals surface area (Å²) in [5.74, 6) is 1.84. The lowest BCUT2D eigenvalue weighted by atomic mass is 9.75. The van der Waals surface area contributed by atoms with Gasteiger partial charge in [-0.1, -0.05) is 36.4 Å². The Kier molecular flexibility index (Phi) is 3.98. The zero-order valence-electron chi connectivity index (χ0n) is 12.1. The molecule has 114 valence electrons. The highest BCUT2D eigenvalue weighted by atomic mass is 16.5. The minimum absolute atomic E-state index is 0.215. The molecule has 2 amide bonds. The highest BCUT2D eigenvalue weighted by Crippen LogP contribution is 2.43. The van der Waals surface area contributed by atoms with Crippen LogP contribution in [-0.2, 0) is 0 Å². The molecule has 0 radical (unpaired) electrons. The Morgan fingerprint density at radius 1 is 1.09 bits per heavy atom. The number of hydroxylamine groups is 2. The highest BCUT2D eigenvalue weighted by molar-refractivity contribution is 5.71. The molecule has 1 saturated carbocycles. The molecular weight excluding hydrogens is 280 g/mol. The van der Waals surface area contributed by atoms with E-state index in [2.05, 4.69) is 0 Å². The van der Waals surface area contributed by atoms with E-state index in [4.69, 9.17) is 10.5 Å². The predicted octanol–water partition coefficient (Wildman–Crippen LogP) is 3.49. The van der Waals surface area contributed by atoms with Gasteiger partial charge in [0.1, 0.15) is 11.5 Å². The molecule has 0 spiro atoms. The Morgan fingerprint density at radius 2 is 1.73 bits per heavy atom. The standard InChI is InChI=1S/C17H18N2O3/c18-17(20)19(21)13-10-12(11-13)15-8-4-5-9-16(15)22-14-6-2-1-3-7-14/h1-9,12-13,21H,10-11H2,(H2,18,20). The number of hydrogen-bond acceptors (Lipinski definition) is 3. The smallest absolute Gasteiger partial charge is 0.338 e. The lowest BCUT2D eigenvalue weighted by Gasteiger charge is -2.39. The van der Waals surface area contributed by atoms with E-state index in [1.807, 2.05) is 54.6 Å². The molecule has 2 aromatic carbocycles. The van der Waals surface area contributed by atoms with Crippen LogP contribution in [0.5, 0.6) is 11.5 Å². The molecule has 0 saturated heterocycles. The molecule has 2 aromatic rings. The van der Waals surface area contributed by atoms with E-state index < -0.39 is 6.03 Å². The largest absolute Gasteiger partial charge is 0.457 e. The Hall–Kier alpha value is -2.53. The maximum atomic E-state index is 11.0. The molecule has 1 aliphatic carbocycles. The fourth-order valence-corrected chi connectivity index (χ4v) is 2.75. The molecule has 3 rings (SSSR count). The number of para-hydroxylation sites is 2. The Balaban J connectivity index is 1.72. The number of urea groups is 1. The van der Waals surface area contributed by atoms with Crippen LogP contribution in [0.1, 0.15) is 24.3 Å². The number of benzene rings is 2. The fraction of sp³-hybridized carbons (Fsp3) is 0.235. The van der Waals surface area contributed by atoms with Crippen LogP contribution in [0.15, 0.2) is 54.6 Å². The number of ether oxygens (including phenoxy) is 1. The summed E-state index contributed by atoms with van der Waals surface area (Å²) in [6.45, 7) is 0. The zero-order valence-corrected chi connectivity index (χ0v) is 12.1. The zero-order chi connectivity index (χ0) is 15.5. The van der Waals surface area contributed by atoms with Gasteiger partial charge in [0.25, 0.3) is 0 Å². The van der Waals surface area contributed by atoms with E-state index in [9.17, 15) is 10.0 Å². The number of primary amides is 1. The second-order valence-electron chi connectivity index (χ2n) is 5.46. The summed E-state index contributed by atoms with van der Waals surface area (Å²) < 4.78 is 5.94. The molecule has 0 bridgehead atoms. The first kappa shape index (κ1) is 14.4. The normalized spacial score (nSPS) is 20.0. The van der Waals surface area contributed by atoms with Crippen molar-refractivity contribution in [3.05, 3.63) is 60.2 Å². The van der Waals surface area contributed by atoms with Gasteiger partial charge in [-0.2, -0.15) is 0 Å². The summed E-state index contributed by atoms with van der Waals surface area (Å²) >= 11 is 0. The van der Waals surface area contributed by atoms with E-state index in [0.29, 0.717) is 17.9 Å². The molecule has 0 aliphatic heterocycles. The number of carbonyl (C=O) groups excluding carboxylic acids is 1. The molecule has 1 fully saturated rings. The lowest BCUT2D eigenvalue weighted by Crippen LogP contribution is -2.47. The van der Waals surface area contributed by atoms with Gasteiger partial charge in [-0.15, -0.1) is 0 Å². The van der Waals surface area contributed by atoms with Crippen LogP contribution in [0.2, 0.25) is 0 Å². The van der Waals surface area contributed by atoms with Crippen molar-refractivity contribution in [1.29, 1.82) is 0 Å². The summed E-state index contributed by atoms with van der Waals surface area (Å²) in [6.07, 6.45) is 1.35. The van der Waals surface area contributed by atoms with Gasteiger partial charge in [-0.05, 0) is 42.5 Å². The molecule has 1 aliphatic rings. The van der Waals surface area contributed by atoms with Gasteiger partial charge >= 0.3 is 6.03 Å². The van der Waals surface area contributed by atoms with E-state index in [1.165, 1.54) is 0 Å². The minimum atomic E-state index is -0.808. The van der Waals surface area contributed by atoms with Crippen molar-refractivity contribution in [2.24, 2.45) is 5.73 Å². The lowest BCUT2D eigenvalue weighted by molar-refractivity contribution is -0.102. The van der Waals surface area contributed by atoms with Crippen molar-refractivity contribution >= 4 is 6.03 Å². The quantitative estimate of drug-likeness (QED) is 0.670. The average molecular weight is 298 g/mol. The number of nitrogens with two attached hydrogens (primary N) is 1. The second kappa shape index (κ2) is 6.07. The van der Waals surface area contributed by atoms with E-state index in [1.54, 1.807) is 0 Å². The van der Waals surface area contributed by atoms with Crippen molar-refractivity contribution in [3.8, 4) is 11.5 Å². The second-order valence-corrected chi connectivity index (χ2v) is 5.46. The summed E-state index contributed by atoms with van der Waals surface area (Å²) in [4.78, 5) is 11.0. The minimum Gasteiger partial charge on any atom is -0.457 e. The highest BCUT2D eigenvalue weighted by Gasteiger charge is 2.37. The van der Waals surface area contributed by atoms with Crippen LogP contribution in [0.4, 0.5) is 4.79 Å². The third-order valence-electron chi connectivity index (χ3n) is 4.01. The van der Waals surface area contributed by atoms with E-state index in [-0.39, 0.29) is 12.0 Å². The van der Waals surface area contributed by atoms with Crippen LogP contribution in [0.3, 0.4) is 0 Å². The Morgan fingerprint density at radius 3 is 2.41 bits per heavy atom. The van der Waals surface area contributed by atoms with E-state index in [0.717, 1.165) is 17.1 Å². The molecule has 3 N–H and O–H groups in total. The maximum Gasteiger partial charge on any atom is 0.338 e. The monoisotopic (exact) mass is 298 g/mol. The van der Waals surface area contributed by atoms with Crippen molar-refractivity contribution < 1.29 is 14.7 Å². The molecule has 5 nitrogen and oxygen atoms in total. The summed E-state index contributed by atoms with van der Waals surface area (Å²) in [5.41, 5.74) is 6.16.